The maximum absolute atomic E-state index is 13.5. The summed E-state index contributed by atoms with van der Waals surface area (Å²) in [5, 5.41) is 0.240. The molecule has 0 atom stereocenters. The van der Waals surface area contributed by atoms with E-state index in [4.69, 9.17) is 17.3 Å². The lowest BCUT2D eigenvalue weighted by Crippen LogP contribution is -2.06. The fourth-order valence-electron chi connectivity index (χ4n) is 1.35. The third-order valence-electron chi connectivity index (χ3n) is 2.19. The fraction of sp³-hybridized carbons (Fsp3) is 0. The summed E-state index contributed by atoms with van der Waals surface area (Å²) in [5.74, 6) is -1.17. The van der Waals surface area contributed by atoms with Gasteiger partial charge in [-0.05, 0) is 30.3 Å². The van der Waals surface area contributed by atoms with Crippen molar-refractivity contribution in [2.45, 2.75) is 0 Å². The molecule has 0 radical (unpaired) electrons. The summed E-state index contributed by atoms with van der Waals surface area (Å²) in [5.41, 5.74) is 5.97. The summed E-state index contributed by atoms with van der Waals surface area (Å²) >= 11 is 5.60. The van der Waals surface area contributed by atoms with Crippen molar-refractivity contribution in [1.29, 1.82) is 0 Å². The zero-order valence-electron chi connectivity index (χ0n) is 8.65. The molecule has 0 saturated carbocycles. The number of benzene rings is 1. The van der Waals surface area contributed by atoms with E-state index in [0.717, 1.165) is 6.07 Å². The van der Waals surface area contributed by atoms with Crippen LogP contribution in [0.4, 0.5) is 10.1 Å². The zero-order chi connectivity index (χ0) is 12.4. The number of ketones is 1. The van der Waals surface area contributed by atoms with Gasteiger partial charge in [-0.25, -0.2) is 4.39 Å². The number of hydrogen-bond donors (Lipinski definition) is 1. The number of nitrogen functional groups attached to an aromatic ring is 1. The maximum atomic E-state index is 13.5. The monoisotopic (exact) mass is 250 g/mol. The standard InChI is InChI=1S/C12H8ClFN2O/c13-7-1-3-9(10(14)5-7)12(17)11-4-2-8(15)6-16-11/h1-6H,15H2. The van der Waals surface area contributed by atoms with Crippen molar-refractivity contribution in [3.8, 4) is 0 Å². The van der Waals surface area contributed by atoms with E-state index in [9.17, 15) is 9.18 Å². The molecule has 0 spiro atoms. The van der Waals surface area contributed by atoms with E-state index >= 15 is 0 Å². The number of anilines is 1. The summed E-state index contributed by atoms with van der Waals surface area (Å²) in [6, 6.07) is 6.86. The molecule has 5 heteroatoms. The minimum atomic E-state index is -0.666. The Kier molecular flexibility index (Phi) is 3.06. The Morgan fingerprint density at radius 3 is 2.65 bits per heavy atom. The van der Waals surface area contributed by atoms with Gasteiger partial charge in [0.1, 0.15) is 11.5 Å². The number of aromatic nitrogens is 1. The van der Waals surface area contributed by atoms with Crippen LogP contribution in [-0.2, 0) is 0 Å². The second-order valence-electron chi connectivity index (χ2n) is 3.43. The molecular formula is C12H8ClFN2O. The molecule has 0 amide bonds. The highest BCUT2D eigenvalue weighted by Gasteiger charge is 2.15. The van der Waals surface area contributed by atoms with E-state index in [1.165, 1.54) is 30.5 Å². The molecule has 0 aliphatic carbocycles. The number of halogens is 2. The van der Waals surface area contributed by atoms with Gasteiger partial charge in [0.2, 0.25) is 5.78 Å². The van der Waals surface area contributed by atoms with Crippen molar-refractivity contribution in [2.24, 2.45) is 0 Å². The molecule has 0 aliphatic rings. The molecule has 17 heavy (non-hydrogen) atoms. The zero-order valence-corrected chi connectivity index (χ0v) is 9.41. The van der Waals surface area contributed by atoms with Crippen LogP contribution in [-0.4, -0.2) is 10.8 Å². The number of pyridine rings is 1. The van der Waals surface area contributed by atoms with Crippen molar-refractivity contribution >= 4 is 23.1 Å². The summed E-state index contributed by atoms with van der Waals surface area (Å²) in [6.07, 6.45) is 1.35. The van der Waals surface area contributed by atoms with Gasteiger partial charge in [0, 0.05) is 5.02 Å². The second-order valence-corrected chi connectivity index (χ2v) is 3.87. The highest BCUT2D eigenvalue weighted by Crippen LogP contribution is 2.17. The number of carbonyl (C=O) groups is 1. The summed E-state index contributed by atoms with van der Waals surface area (Å²) in [4.78, 5) is 15.7. The van der Waals surface area contributed by atoms with E-state index in [0.29, 0.717) is 5.69 Å². The molecule has 0 bridgehead atoms. The highest BCUT2D eigenvalue weighted by molar-refractivity contribution is 6.30. The molecule has 0 unspecified atom stereocenters. The third-order valence-corrected chi connectivity index (χ3v) is 2.43. The van der Waals surface area contributed by atoms with E-state index in [1.54, 1.807) is 0 Å². The molecule has 2 rings (SSSR count). The summed E-state index contributed by atoms with van der Waals surface area (Å²) in [7, 11) is 0. The van der Waals surface area contributed by atoms with Gasteiger partial charge >= 0.3 is 0 Å². The van der Waals surface area contributed by atoms with Crippen LogP contribution in [0.15, 0.2) is 36.5 Å². The van der Waals surface area contributed by atoms with Crippen LogP contribution in [0, 0.1) is 5.82 Å². The molecule has 2 aromatic rings. The lowest BCUT2D eigenvalue weighted by molar-refractivity contribution is 0.103. The molecule has 1 aromatic carbocycles. The Morgan fingerprint density at radius 1 is 1.29 bits per heavy atom. The van der Waals surface area contributed by atoms with Gasteiger partial charge in [-0.3, -0.25) is 9.78 Å². The Bertz CT molecular complexity index is 569. The van der Waals surface area contributed by atoms with E-state index in [-0.39, 0.29) is 16.3 Å². The second kappa shape index (κ2) is 4.51. The molecule has 0 aliphatic heterocycles. The Hall–Kier alpha value is -1.94. The lowest BCUT2D eigenvalue weighted by Gasteiger charge is -2.02. The SMILES string of the molecule is Nc1ccc(C(=O)c2ccc(Cl)cc2F)nc1. The molecular weight excluding hydrogens is 243 g/mol. The minimum absolute atomic E-state index is 0.0633. The highest BCUT2D eigenvalue weighted by atomic mass is 35.5. The average Bonchev–Trinajstić information content (AvgIpc) is 2.29. The predicted molar refractivity (Wildman–Crippen MR) is 63.5 cm³/mol. The van der Waals surface area contributed by atoms with Crippen LogP contribution in [0.5, 0.6) is 0 Å². The van der Waals surface area contributed by atoms with Crippen LogP contribution in [0.1, 0.15) is 16.1 Å². The first-order valence-electron chi connectivity index (χ1n) is 4.79. The molecule has 1 heterocycles. The molecule has 3 nitrogen and oxygen atoms in total. The Morgan fingerprint density at radius 2 is 2.06 bits per heavy atom. The first kappa shape index (κ1) is 11.5. The largest absolute Gasteiger partial charge is 0.397 e. The van der Waals surface area contributed by atoms with Crippen molar-refractivity contribution in [1.82, 2.24) is 4.98 Å². The van der Waals surface area contributed by atoms with Gasteiger partial charge in [0.05, 0.1) is 17.4 Å². The third kappa shape index (κ3) is 2.42. The van der Waals surface area contributed by atoms with E-state index < -0.39 is 11.6 Å². The summed E-state index contributed by atoms with van der Waals surface area (Å²) in [6.45, 7) is 0. The van der Waals surface area contributed by atoms with Crippen molar-refractivity contribution in [3.05, 3.63) is 58.6 Å². The molecule has 2 N–H and O–H groups in total. The van der Waals surface area contributed by atoms with Crippen LogP contribution >= 0.6 is 11.6 Å². The van der Waals surface area contributed by atoms with E-state index in [2.05, 4.69) is 4.98 Å². The summed E-state index contributed by atoms with van der Waals surface area (Å²) < 4.78 is 13.5. The Labute approximate surface area is 102 Å². The average molecular weight is 251 g/mol. The lowest BCUT2D eigenvalue weighted by atomic mass is 10.1. The molecule has 0 fully saturated rings. The number of hydrogen-bond acceptors (Lipinski definition) is 3. The molecule has 86 valence electrons. The molecule has 0 saturated heterocycles. The fourth-order valence-corrected chi connectivity index (χ4v) is 1.51. The predicted octanol–water partition coefficient (Wildman–Crippen LogP) is 2.69. The smallest absolute Gasteiger partial charge is 0.214 e. The van der Waals surface area contributed by atoms with Crippen LogP contribution in [0.2, 0.25) is 5.02 Å². The van der Waals surface area contributed by atoms with E-state index in [1.807, 2.05) is 0 Å². The van der Waals surface area contributed by atoms with Gasteiger partial charge in [-0.2, -0.15) is 0 Å². The van der Waals surface area contributed by atoms with Gasteiger partial charge in [0.25, 0.3) is 0 Å². The normalized spacial score (nSPS) is 10.2. The quantitative estimate of drug-likeness (QED) is 0.834. The first-order chi connectivity index (χ1) is 8.08. The first-order valence-corrected chi connectivity index (χ1v) is 5.17. The molecule has 1 aromatic heterocycles. The Balaban J connectivity index is 2.40. The topological polar surface area (TPSA) is 56.0 Å². The minimum Gasteiger partial charge on any atom is -0.397 e. The number of nitrogens with zero attached hydrogens (tertiary/aromatic N) is 1. The van der Waals surface area contributed by atoms with Crippen LogP contribution < -0.4 is 5.73 Å². The van der Waals surface area contributed by atoms with Crippen molar-refractivity contribution in [2.75, 3.05) is 5.73 Å². The van der Waals surface area contributed by atoms with Crippen molar-refractivity contribution in [3.63, 3.8) is 0 Å². The number of carbonyl (C=O) groups excluding carboxylic acids is 1. The van der Waals surface area contributed by atoms with Gasteiger partial charge in [-0.1, -0.05) is 11.6 Å². The van der Waals surface area contributed by atoms with Gasteiger partial charge < -0.3 is 5.73 Å². The van der Waals surface area contributed by atoms with Gasteiger partial charge in [0.15, 0.2) is 0 Å². The van der Waals surface area contributed by atoms with Crippen molar-refractivity contribution < 1.29 is 9.18 Å². The number of nitrogens with two attached hydrogens (primary N) is 1. The number of rotatable bonds is 2. The van der Waals surface area contributed by atoms with Crippen LogP contribution in [0.25, 0.3) is 0 Å². The maximum Gasteiger partial charge on any atom is 0.214 e. The van der Waals surface area contributed by atoms with Gasteiger partial charge in [-0.15, -0.1) is 0 Å². The van der Waals surface area contributed by atoms with Crippen LogP contribution in [0.3, 0.4) is 0 Å².